The van der Waals surface area contributed by atoms with Crippen LogP contribution in [0.3, 0.4) is 0 Å². The second-order valence-electron chi connectivity index (χ2n) is 7.43. The van der Waals surface area contributed by atoms with Gasteiger partial charge >= 0.3 is 6.03 Å². The fraction of sp³-hybridized carbons (Fsp3) is 0.450. The van der Waals surface area contributed by atoms with Crippen molar-refractivity contribution in [2.75, 3.05) is 33.2 Å². The molecule has 1 aromatic heterocycles. The third-order valence-corrected chi connectivity index (χ3v) is 5.41. The normalized spacial score (nSPS) is 17.8. The molecular formula is C20H25N5O3. The van der Waals surface area contributed by atoms with Crippen LogP contribution in [0.25, 0.3) is 0 Å². The van der Waals surface area contributed by atoms with E-state index in [1.54, 1.807) is 21.7 Å². The number of rotatable bonds is 5. The maximum atomic E-state index is 12.6. The van der Waals surface area contributed by atoms with Gasteiger partial charge in [0, 0.05) is 33.1 Å². The average molecular weight is 383 g/mol. The van der Waals surface area contributed by atoms with Crippen molar-refractivity contribution in [3.8, 4) is 0 Å². The fourth-order valence-corrected chi connectivity index (χ4v) is 3.72. The number of carbonyl (C=O) groups excluding carboxylic acids is 2. The zero-order valence-electron chi connectivity index (χ0n) is 16.0. The number of nitrogens with zero attached hydrogens (tertiary/aromatic N) is 5. The van der Waals surface area contributed by atoms with Crippen molar-refractivity contribution < 1.29 is 14.7 Å². The summed E-state index contributed by atoms with van der Waals surface area (Å²) in [4.78, 5) is 29.6. The first-order chi connectivity index (χ1) is 13.5. The van der Waals surface area contributed by atoms with E-state index in [0.717, 1.165) is 11.3 Å². The van der Waals surface area contributed by atoms with Crippen LogP contribution in [0.2, 0.25) is 0 Å². The SMILES string of the molecule is CN1CCN(CC(=O)N2CCn3nc([C@@H](O)Cc4ccccc4)cc3C2)C1=O. The topological polar surface area (TPSA) is 81.9 Å². The third-order valence-electron chi connectivity index (χ3n) is 5.41. The van der Waals surface area contributed by atoms with E-state index in [1.807, 2.05) is 41.1 Å². The number of hydrogen-bond donors (Lipinski definition) is 1. The van der Waals surface area contributed by atoms with Crippen LogP contribution in [-0.2, 0) is 24.3 Å². The van der Waals surface area contributed by atoms with E-state index in [4.69, 9.17) is 0 Å². The molecule has 0 saturated carbocycles. The number of aromatic nitrogens is 2. The Bertz CT molecular complexity index is 866. The molecule has 1 N–H and O–H groups in total. The molecule has 1 aromatic carbocycles. The van der Waals surface area contributed by atoms with E-state index in [1.165, 1.54) is 0 Å². The van der Waals surface area contributed by atoms with Gasteiger partial charge in [-0.25, -0.2) is 4.79 Å². The van der Waals surface area contributed by atoms with Gasteiger partial charge in [0.25, 0.3) is 0 Å². The van der Waals surface area contributed by atoms with Crippen LogP contribution < -0.4 is 0 Å². The molecule has 4 rings (SSSR count). The molecule has 1 atom stereocenters. The highest BCUT2D eigenvalue weighted by Crippen LogP contribution is 2.21. The van der Waals surface area contributed by atoms with Crippen LogP contribution in [0, 0.1) is 0 Å². The second kappa shape index (κ2) is 7.63. The number of fused-ring (bicyclic) bond motifs is 1. The minimum Gasteiger partial charge on any atom is -0.386 e. The van der Waals surface area contributed by atoms with Gasteiger partial charge in [-0.1, -0.05) is 30.3 Å². The molecule has 0 spiro atoms. The predicted octanol–water partition coefficient (Wildman–Crippen LogP) is 0.869. The summed E-state index contributed by atoms with van der Waals surface area (Å²) in [5.74, 6) is -0.0533. The van der Waals surface area contributed by atoms with Crippen molar-refractivity contribution in [1.82, 2.24) is 24.5 Å². The van der Waals surface area contributed by atoms with Crippen molar-refractivity contribution in [2.24, 2.45) is 0 Å². The highest BCUT2D eigenvalue weighted by atomic mass is 16.3. The lowest BCUT2D eigenvalue weighted by atomic mass is 10.1. The van der Waals surface area contributed by atoms with Crippen LogP contribution in [-0.4, -0.2) is 74.8 Å². The fourth-order valence-electron chi connectivity index (χ4n) is 3.72. The maximum Gasteiger partial charge on any atom is 0.320 e. The monoisotopic (exact) mass is 383 g/mol. The van der Waals surface area contributed by atoms with E-state index < -0.39 is 6.10 Å². The number of carbonyl (C=O) groups is 2. The molecule has 1 fully saturated rings. The summed E-state index contributed by atoms with van der Waals surface area (Å²) in [5, 5.41) is 15.1. The molecule has 1 saturated heterocycles. The molecule has 2 aliphatic heterocycles. The van der Waals surface area contributed by atoms with Crippen molar-refractivity contribution in [3.05, 3.63) is 53.3 Å². The van der Waals surface area contributed by atoms with Gasteiger partial charge in [0.05, 0.1) is 24.5 Å². The highest BCUT2D eigenvalue weighted by Gasteiger charge is 2.30. The molecule has 2 aromatic rings. The van der Waals surface area contributed by atoms with Gasteiger partial charge in [0.15, 0.2) is 0 Å². The smallest absolute Gasteiger partial charge is 0.320 e. The van der Waals surface area contributed by atoms with Gasteiger partial charge in [-0.05, 0) is 11.6 Å². The van der Waals surface area contributed by atoms with E-state index in [2.05, 4.69) is 5.10 Å². The molecule has 148 valence electrons. The van der Waals surface area contributed by atoms with Gasteiger partial charge in [0.1, 0.15) is 12.6 Å². The molecule has 28 heavy (non-hydrogen) atoms. The lowest BCUT2D eigenvalue weighted by molar-refractivity contribution is -0.133. The highest BCUT2D eigenvalue weighted by molar-refractivity contribution is 5.85. The van der Waals surface area contributed by atoms with Crippen molar-refractivity contribution in [2.45, 2.75) is 25.6 Å². The molecular weight excluding hydrogens is 358 g/mol. The molecule has 8 heteroatoms. The lowest BCUT2D eigenvalue weighted by Crippen LogP contribution is -2.44. The van der Waals surface area contributed by atoms with Gasteiger partial charge in [-0.3, -0.25) is 9.48 Å². The summed E-state index contributed by atoms with van der Waals surface area (Å²) in [6.45, 7) is 2.94. The summed E-state index contributed by atoms with van der Waals surface area (Å²) in [6, 6.07) is 11.6. The Balaban J connectivity index is 1.39. The minimum absolute atomic E-state index is 0.0533. The van der Waals surface area contributed by atoms with Gasteiger partial charge < -0.3 is 19.8 Å². The summed E-state index contributed by atoms with van der Waals surface area (Å²) in [5.41, 5.74) is 2.59. The molecule has 0 bridgehead atoms. The standard InChI is InChI=1S/C20H25N5O3/c1-22-7-8-24(20(22)28)14-19(27)23-9-10-25-16(13-23)12-17(21-25)18(26)11-15-5-3-2-4-6-15/h2-6,12,18,26H,7-11,13-14H2,1H3/t18-/m0/s1. The lowest BCUT2D eigenvalue weighted by Gasteiger charge is -2.29. The Morgan fingerprint density at radius 1 is 1.18 bits per heavy atom. The molecule has 0 aliphatic carbocycles. The van der Waals surface area contributed by atoms with Crippen LogP contribution >= 0.6 is 0 Å². The number of urea groups is 1. The van der Waals surface area contributed by atoms with E-state index in [9.17, 15) is 14.7 Å². The average Bonchev–Trinajstić information content (AvgIpc) is 3.27. The summed E-state index contributed by atoms with van der Waals surface area (Å²) >= 11 is 0. The van der Waals surface area contributed by atoms with E-state index in [-0.39, 0.29) is 18.5 Å². The summed E-state index contributed by atoms with van der Waals surface area (Å²) in [6.07, 6.45) is -0.174. The zero-order valence-corrected chi connectivity index (χ0v) is 16.0. The summed E-state index contributed by atoms with van der Waals surface area (Å²) < 4.78 is 1.86. The Hall–Kier alpha value is -2.87. The Morgan fingerprint density at radius 3 is 2.68 bits per heavy atom. The van der Waals surface area contributed by atoms with Crippen molar-refractivity contribution >= 4 is 11.9 Å². The van der Waals surface area contributed by atoms with Gasteiger partial charge in [-0.15, -0.1) is 0 Å². The minimum atomic E-state index is -0.678. The number of aliphatic hydroxyl groups is 1. The van der Waals surface area contributed by atoms with Crippen LogP contribution in [0.5, 0.6) is 0 Å². The largest absolute Gasteiger partial charge is 0.386 e. The first-order valence-corrected chi connectivity index (χ1v) is 9.57. The van der Waals surface area contributed by atoms with Crippen molar-refractivity contribution in [3.63, 3.8) is 0 Å². The molecule has 0 unspecified atom stereocenters. The maximum absolute atomic E-state index is 12.6. The quantitative estimate of drug-likeness (QED) is 0.831. The van der Waals surface area contributed by atoms with Gasteiger partial charge in [-0.2, -0.15) is 5.10 Å². The number of aliphatic hydroxyl groups excluding tert-OH is 1. The molecule has 8 nitrogen and oxygen atoms in total. The molecule has 0 radical (unpaired) electrons. The predicted molar refractivity (Wildman–Crippen MR) is 102 cm³/mol. The van der Waals surface area contributed by atoms with Crippen LogP contribution in [0.4, 0.5) is 4.79 Å². The van der Waals surface area contributed by atoms with Crippen molar-refractivity contribution in [1.29, 1.82) is 0 Å². The number of hydrogen-bond acceptors (Lipinski definition) is 4. The van der Waals surface area contributed by atoms with Crippen LogP contribution in [0.15, 0.2) is 36.4 Å². The Morgan fingerprint density at radius 2 is 1.96 bits per heavy atom. The third kappa shape index (κ3) is 3.73. The summed E-state index contributed by atoms with van der Waals surface area (Å²) in [7, 11) is 1.74. The van der Waals surface area contributed by atoms with E-state index >= 15 is 0 Å². The second-order valence-corrected chi connectivity index (χ2v) is 7.43. The van der Waals surface area contributed by atoms with Gasteiger partial charge in [0.2, 0.25) is 5.91 Å². The number of benzene rings is 1. The first kappa shape index (κ1) is 18.5. The zero-order chi connectivity index (χ0) is 19.7. The Kier molecular flexibility index (Phi) is 5.04. The van der Waals surface area contributed by atoms with Crippen LogP contribution in [0.1, 0.15) is 23.1 Å². The molecule has 2 aliphatic rings. The van der Waals surface area contributed by atoms with E-state index in [0.29, 0.717) is 44.8 Å². The number of amides is 3. The molecule has 3 amide bonds. The number of likely N-dealkylation sites (N-methyl/N-ethyl adjacent to an activating group) is 1. The first-order valence-electron chi connectivity index (χ1n) is 9.57. The Labute approximate surface area is 163 Å². The molecule has 3 heterocycles.